The van der Waals surface area contributed by atoms with Gasteiger partial charge in [-0.15, -0.1) is 0 Å². The average molecular weight is 405 g/mol. The molecule has 0 aromatic heterocycles. The second-order valence-corrected chi connectivity index (χ2v) is 9.29. The van der Waals surface area contributed by atoms with Crippen molar-refractivity contribution in [2.45, 2.75) is 62.1 Å². The largest absolute Gasteiger partial charge is 0.392 e. The highest BCUT2D eigenvalue weighted by Crippen LogP contribution is 2.69. The van der Waals surface area contributed by atoms with E-state index in [1.54, 1.807) is 0 Å². The second kappa shape index (κ2) is 4.80. The van der Waals surface area contributed by atoms with E-state index in [1.807, 2.05) is 0 Å². The molecule has 6 aliphatic rings. The lowest BCUT2D eigenvalue weighted by atomic mass is 9.62. The number of piperidine rings is 4. The van der Waals surface area contributed by atoms with E-state index < -0.39 is 0 Å². The number of aliphatic hydroxyl groups excluding tert-OH is 2. The molecule has 1 saturated carbocycles. The summed E-state index contributed by atoms with van der Waals surface area (Å²) in [6.07, 6.45) is 2.48. The predicted octanol–water partition coefficient (Wildman–Crippen LogP) is 2.28. The number of anilines is 1. The van der Waals surface area contributed by atoms with Crippen LogP contribution in [-0.4, -0.2) is 51.0 Å². The van der Waals surface area contributed by atoms with Crippen molar-refractivity contribution >= 4 is 21.6 Å². The maximum Gasteiger partial charge on any atom is 0.111 e. The van der Waals surface area contributed by atoms with Crippen molar-refractivity contribution in [1.29, 1.82) is 0 Å². The molecule has 1 aromatic carbocycles. The van der Waals surface area contributed by atoms with Crippen LogP contribution in [0.1, 0.15) is 31.7 Å². The van der Waals surface area contributed by atoms with Gasteiger partial charge in [0.25, 0.3) is 0 Å². The van der Waals surface area contributed by atoms with Crippen molar-refractivity contribution in [3.8, 4) is 0 Å². The zero-order chi connectivity index (χ0) is 17.1. The van der Waals surface area contributed by atoms with Crippen LogP contribution in [0.4, 0.5) is 5.69 Å². The first-order chi connectivity index (χ1) is 12.1. The molecule has 5 heterocycles. The molecule has 0 radical (unpaired) electrons. The molecule has 1 spiro atoms. The number of benzene rings is 1. The number of para-hydroxylation sites is 1. The number of hydrogen-bond donors (Lipinski definition) is 2. The number of hydrogen-bond acceptors (Lipinski definition) is 4. The summed E-state index contributed by atoms with van der Waals surface area (Å²) >= 11 is 3.72. The van der Waals surface area contributed by atoms with Gasteiger partial charge in [-0.1, -0.05) is 41.1 Å². The lowest BCUT2D eigenvalue weighted by Crippen LogP contribution is -2.72. The minimum Gasteiger partial charge on any atom is -0.392 e. The summed E-state index contributed by atoms with van der Waals surface area (Å²) in [6, 6.07) is 9.63. The van der Waals surface area contributed by atoms with Crippen LogP contribution in [0.15, 0.2) is 24.3 Å². The lowest BCUT2D eigenvalue weighted by molar-refractivity contribution is -0.211. The maximum atomic E-state index is 11.7. The van der Waals surface area contributed by atoms with E-state index in [0.29, 0.717) is 29.8 Å². The van der Waals surface area contributed by atoms with Crippen molar-refractivity contribution in [3.05, 3.63) is 29.8 Å². The van der Waals surface area contributed by atoms with Crippen LogP contribution < -0.4 is 4.90 Å². The van der Waals surface area contributed by atoms with E-state index in [-0.39, 0.29) is 23.8 Å². The number of fused-ring (bicyclic) bond motifs is 2. The highest BCUT2D eigenvalue weighted by Gasteiger charge is 2.76. The molecule has 5 fully saturated rings. The van der Waals surface area contributed by atoms with Gasteiger partial charge in [-0.25, -0.2) is 0 Å². The molecule has 7 rings (SSSR count). The Morgan fingerprint density at radius 2 is 2.04 bits per heavy atom. The summed E-state index contributed by atoms with van der Waals surface area (Å²) < 4.78 is 0. The highest BCUT2D eigenvalue weighted by molar-refractivity contribution is 9.09. The summed E-state index contributed by atoms with van der Waals surface area (Å²) in [5.41, 5.74) is 3.24. The fraction of sp³-hybridized carbons (Fsp3) is 0.700. The van der Waals surface area contributed by atoms with Crippen molar-refractivity contribution < 1.29 is 10.2 Å². The van der Waals surface area contributed by atoms with Crippen LogP contribution in [0.5, 0.6) is 0 Å². The van der Waals surface area contributed by atoms with Gasteiger partial charge in [-0.2, -0.15) is 0 Å². The van der Waals surface area contributed by atoms with Gasteiger partial charge in [0.2, 0.25) is 0 Å². The van der Waals surface area contributed by atoms with Crippen molar-refractivity contribution in [2.24, 2.45) is 17.8 Å². The van der Waals surface area contributed by atoms with Gasteiger partial charge in [0, 0.05) is 35.0 Å². The third-order valence-corrected chi connectivity index (χ3v) is 8.98. The van der Waals surface area contributed by atoms with Crippen molar-refractivity contribution in [2.75, 3.05) is 10.4 Å². The Morgan fingerprint density at radius 3 is 2.80 bits per heavy atom. The lowest BCUT2D eigenvalue weighted by Gasteiger charge is -2.62. The summed E-state index contributed by atoms with van der Waals surface area (Å²) in [7, 11) is 0. The molecule has 1 unspecified atom stereocenters. The van der Waals surface area contributed by atoms with Crippen LogP contribution in [0.2, 0.25) is 0 Å². The number of nitrogens with zero attached hydrogens (tertiary/aromatic N) is 2. The third-order valence-electron chi connectivity index (χ3n) is 8.44. The van der Waals surface area contributed by atoms with E-state index >= 15 is 0 Å². The summed E-state index contributed by atoms with van der Waals surface area (Å²) in [5, 5.41) is 22.8. The van der Waals surface area contributed by atoms with Gasteiger partial charge in [-0.3, -0.25) is 4.90 Å². The van der Waals surface area contributed by atoms with Gasteiger partial charge in [0.1, 0.15) is 6.23 Å². The molecule has 2 N–H and O–H groups in total. The first-order valence-electron chi connectivity index (χ1n) is 9.70. The van der Waals surface area contributed by atoms with Crippen LogP contribution in [0, 0.1) is 17.8 Å². The predicted molar refractivity (Wildman–Crippen MR) is 99.6 cm³/mol. The number of alkyl halides is 1. The maximum absolute atomic E-state index is 11.7. The summed E-state index contributed by atoms with van der Waals surface area (Å²) in [6.45, 7) is 2.19. The standard InChI is InChI=1S/C20H25BrN2O2/c1-2-10-11-7-14-17-20(12-5-3-4-6-13(12)22(17)9-21)8-15(16(11)18(20)24)23(14)19(10)25/h3-6,10-11,14-19,24-25H,2,7-9H2,1H3/t10-,11-,14-,15-,16-,17-,18+,19+,20-/m0/s1. The number of aliphatic hydroxyl groups is 2. The molecule has 1 aliphatic carbocycles. The van der Waals surface area contributed by atoms with Crippen LogP contribution >= 0.6 is 15.9 Å². The normalized spacial score (nSPS) is 54.1. The van der Waals surface area contributed by atoms with Gasteiger partial charge < -0.3 is 15.1 Å². The van der Waals surface area contributed by atoms with Gasteiger partial charge in [0.15, 0.2) is 0 Å². The van der Waals surface area contributed by atoms with Crippen molar-refractivity contribution in [1.82, 2.24) is 4.90 Å². The molecule has 134 valence electrons. The molecule has 4 saturated heterocycles. The second-order valence-electron chi connectivity index (χ2n) is 8.79. The minimum absolute atomic E-state index is 0.155. The molecule has 10 atom stereocenters. The van der Waals surface area contributed by atoms with Crippen LogP contribution in [-0.2, 0) is 5.41 Å². The molecule has 4 nitrogen and oxygen atoms in total. The first-order valence-corrected chi connectivity index (χ1v) is 10.8. The molecule has 1 aromatic rings. The fourth-order valence-electron chi connectivity index (χ4n) is 7.84. The molecule has 0 amide bonds. The molecule has 5 aliphatic heterocycles. The smallest absolute Gasteiger partial charge is 0.111 e. The summed E-state index contributed by atoms with van der Waals surface area (Å²) in [5.74, 6) is 1.09. The Morgan fingerprint density at radius 1 is 1.24 bits per heavy atom. The van der Waals surface area contributed by atoms with E-state index in [1.165, 1.54) is 11.3 Å². The summed E-state index contributed by atoms with van der Waals surface area (Å²) in [4.78, 5) is 4.87. The first kappa shape index (κ1) is 15.4. The Kier molecular flexibility index (Phi) is 2.97. The topological polar surface area (TPSA) is 46.9 Å². The van der Waals surface area contributed by atoms with E-state index in [0.717, 1.165) is 24.7 Å². The highest BCUT2D eigenvalue weighted by atomic mass is 79.9. The van der Waals surface area contributed by atoms with Gasteiger partial charge in [-0.05, 0) is 36.8 Å². The van der Waals surface area contributed by atoms with E-state index in [9.17, 15) is 10.2 Å². The number of rotatable bonds is 2. The Hall–Kier alpha value is -0.620. The third kappa shape index (κ3) is 1.47. The minimum atomic E-state index is -0.334. The van der Waals surface area contributed by atoms with Crippen molar-refractivity contribution in [3.63, 3.8) is 0 Å². The average Bonchev–Trinajstić information content (AvgIpc) is 3.04. The van der Waals surface area contributed by atoms with Crippen LogP contribution in [0.3, 0.4) is 0 Å². The SMILES string of the molecule is CC[C@H]1[C@@H]2C[C@H]3[C@@H]4N(CBr)c5ccccc5[C@@]45C[C@@H]([C@H]2[C@H]5O)N3[C@@H]1O. The van der Waals surface area contributed by atoms with E-state index in [4.69, 9.17) is 0 Å². The molecular formula is C20H25BrN2O2. The van der Waals surface area contributed by atoms with E-state index in [2.05, 4.69) is 56.9 Å². The molecule has 25 heavy (non-hydrogen) atoms. The Bertz CT molecular complexity index is 744. The molecule has 5 heteroatoms. The van der Waals surface area contributed by atoms with Gasteiger partial charge >= 0.3 is 0 Å². The number of halogens is 1. The monoisotopic (exact) mass is 404 g/mol. The molecular weight excluding hydrogens is 380 g/mol. The van der Waals surface area contributed by atoms with Gasteiger partial charge in [0.05, 0.1) is 17.6 Å². The Labute approximate surface area is 156 Å². The quantitative estimate of drug-likeness (QED) is 0.586. The zero-order valence-corrected chi connectivity index (χ0v) is 16.0. The zero-order valence-electron chi connectivity index (χ0n) is 14.4. The molecule has 5 bridgehead atoms. The van der Waals surface area contributed by atoms with Crippen LogP contribution in [0.25, 0.3) is 0 Å². The fourth-order valence-corrected chi connectivity index (χ4v) is 8.43. The Balaban J connectivity index is 1.59.